The minimum atomic E-state index is -4.83. The first-order chi connectivity index (χ1) is 12.1. The van der Waals surface area contributed by atoms with Crippen molar-refractivity contribution in [1.29, 1.82) is 0 Å². The van der Waals surface area contributed by atoms with E-state index in [0.29, 0.717) is 19.4 Å². The van der Waals surface area contributed by atoms with E-state index in [2.05, 4.69) is 10.1 Å². The van der Waals surface area contributed by atoms with Crippen molar-refractivity contribution in [1.82, 2.24) is 9.62 Å². The third-order valence-corrected chi connectivity index (χ3v) is 6.13. The molecule has 6 nitrogen and oxygen atoms in total. The smallest absolute Gasteiger partial charge is 0.406 e. The number of carbonyl (C=O) groups is 1. The maximum Gasteiger partial charge on any atom is 0.573 e. The zero-order chi connectivity index (χ0) is 19.4. The van der Waals surface area contributed by atoms with Crippen molar-refractivity contribution in [3.05, 3.63) is 24.3 Å². The van der Waals surface area contributed by atoms with E-state index in [9.17, 15) is 26.4 Å². The molecule has 1 aromatic rings. The Labute approximate surface area is 154 Å². The fourth-order valence-electron chi connectivity index (χ4n) is 2.62. The molecule has 1 aliphatic heterocycles. The van der Waals surface area contributed by atoms with Crippen LogP contribution in [0.3, 0.4) is 0 Å². The number of halogens is 4. The molecular weight excluding hydrogens is 397 g/mol. The molecule has 2 rings (SSSR count). The van der Waals surface area contributed by atoms with E-state index in [1.807, 2.05) is 0 Å². The second-order valence-corrected chi connectivity index (χ2v) is 8.01. The molecule has 0 bridgehead atoms. The molecule has 0 aromatic heterocycles. The number of ether oxygens (including phenoxy) is 1. The van der Waals surface area contributed by atoms with E-state index in [-0.39, 0.29) is 35.7 Å². The van der Waals surface area contributed by atoms with E-state index in [0.717, 1.165) is 24.3 Å². The van der Waals surface area contributed by atoms with Crippen molar-refractivity contribution in [3.63, 3.8) is 0 Å². The lowest BCUT2D eigenvalue weighted by atomic mass is 9.98. The highest BCUT2D eigenvalue weighted by molar-refractivity contribution is 7.89. The number of sulfonamides is 1. The van der Waals surface area contributed by atoms with Gasteiger partial charge in [0.2, 0.25) is 15.9 Å². The Balaban J connectivity index is 1.95. The summed E-state index contributed by atoms with van der Waals surface area (Å²) < 4.78 is 66.6. The van der Waals surface area contributed by atoms with Gasteiger partial charge in [0.25, 0.3) is 0 Å². The predicted octanol–water partition coefficient (Wildman–Crippen LogP) is 2.34. The molecule has 0 spiro atoms. The summed E-state index contributed by atoms with van der Waals surface area (Å²) in [6, 6.07) is 4.11. The third kappa shape index (κ3) is 5.75. The second-order valence-electron chi connectivity index (χ2n) is 5.80. The van der Waals surface area contributed by atoms with Crippen molar-refractivity contribution in [3.8, 4) is 5.75 Å². The van der Waals surface area contributed by atoms with E-state index < -0.39 is 22.1 Å². The zero-order valence-corrected chi connectivity index (χ0v) is 15.2. The van der Waals surface area contributed by atoms with Crippen LogP contribution >= 0.6 is 11.6 Å². The van der Waals surface area contributed by atoms with Crippen LogP contribution in [0.4, 0.5) is 13.2 Å². The van der Waals surface area contributed by atoms with Crippen LogP contribution in [-0.2, 0) is 14.8 Å². The molecule has 0 atom stereocenters. The quantitative estimate of drug-likeness (QED) is 0.725. The van der Waals surface area contributed by atoms with Gasteiger partial charge in [-0.2, -0.15) is 4.31 Å². The van der Waals surface area contributed by atoms with Crippen LogP contribution in [0.5, 0.6) is 5.75 Å². The number of nitrogens with one attached hydrogen (secondary N) is 1. The molecule has 1 amide bonds. The van der Waals surface area contributed by atoms with Crippen LogP contribution < -0.4 is 10.1 Å². The Morgan fingerprint density at radius 3 is 2.31 bits per heavy atom. The number of rotatable bonds is 6. The molecule has 0 saturated carbocycles. The van der Waals surface area contributed by atoms with Crippen molar-refractivity contribution in [2.45, 2.75) is 24.1 Å². The van der Waals surface area contributed by atoms with Crippen LogP contribution in [0.2, 0.25) is 0 Å². The lowest BCUT2D eigenvalue weighted by Gasteiger charge is -2.31. The summed E-state index contributed by atoms with van der Waals surface area (Å²) >= 11 is 5.40. The molecular formula is C15H18ClF3N2O4S. The summed E-state index contributed by atoms with van der Waals surface area (Å²) in [6.45, 7) is 0.970. The van der Waals surface area contributed by atoms with E-state index in [1.54, 1.807) is 0 Å². The summed E-state index contributed by atoms with van der Waals surface area (Å²) in [5.74, 6) is -0.731. The van der Waals surface area contributed by atoms with Crippen LogP contribution in [0, 0.1) is 5.92 Å². The van der Waals surface area contributed by atoms with Gasteiger partial charge in [0, 0.05) is 19.6 Å². The fraction of sp³-hybridized carbons (Fsp3) is 0.533. The minimum absolute atomic E-state index is 0.0964. The Bertz CT molecular complexity index is 717. The maximum atomic E-state index is 12.6. The molecule has 1 saturated heterocycles. The average molecular weight is 415 g/mol. The Morgan fingerprint density at radius 1 is 1.23 bits per heavy atom. The highest BCUT2D eigenvalue weighted by atomic mass is 35.5. The van der Waals surface area contributed by atoms with Gasteiger partial charge in [0.15, 0.2) is 0 Å². The van der Waals surface area contributed by atoms with Gasteiger partial charge in [-0.05, 0) is 43.0 Å². The van der Waals surface area contributed by atoms with Crippen molar-refractivity contribution in [2.24, 2.45) is 5.92 Å². The maximum absolute atomic E-state index is 12.6. The van der Waals surface area contributed by atoms with Gasteiger partial charge >= 0.3 is 6.36 Å². The van der Waals surface area contributed by atoms with E-state index in [4.69, 9.17) is 11.6 Å². The third-order valence-electron chi connectivity index (χ3n) is 3.98. The van der Waals surface area contributed by atoms with Crippen LogP contribution in [0.1, 0.15) is 12.8 Å². The van der Waals surface area contributed by atoms with Crippen molar-refractivity contribution < 1.29 is 31.1 Å². The Morgan fingerprint density at radius 2 is 1.81 bits per heavy atom. The van der Waals surface area contributed by atoms with Gasteiger partial charge in [-0.3, -0.25) is 4.79 Å². The summed E-state index contributed by atoms with van der Waals surface area (Å²) in [5, 5.41) is 2.67. The fourth-order valence-corrected chi connectivity index (χ4v) is 4.19. The zero-order valence-electron chi connectivity index (χ0n) is 13.6. The lowest BCUT2D eigenvalue weighted by molar-refractivity contribution is -0.274. The minimum Gasteiger partial charge on any atom is -0.406 e. The highest BCUT2D eigenvalue weighted by Gasteiger charge is 2.32. The first-order valence-corrected chi connectivity index (χ1v) is 9.78. The van der Waals surface area contributed by atoms with Gasteiger partial charge in [-0.1, -0.05) is 0 Å². The van der Waals surface area contributed by atoms with Crippen molar-refractivity contribution in [2.75, 3.05) is 25.5 Å². The number of nitrogens with zero attached hydrogens (tertiary/aromatic N) is 1. The SMILES string of the molecule is O=C(CCl)NCC1CCN(S(=O)(=O)c2ccc(OC(F)(F)F)cc2)CC1. The number of benzene rings is 1. The molecule has 0 aliphatic carbocycles. The molecule has 146 valence electrons. The molecule has 26 heavy (non-hydrogen) atoms. The summed E-state index contributed by atoms with van der Waals surface area (Å²) in [4.78, 5) is 11.1. The molecule has 0 unspecified atom stereocenters. The molecule has 1 heterocycles. The van der Waals surface area contributed by atoms with Crippen LogP contribution in [0.15, 0.2) is 29.2 Å². The normalized spacial score (nSPS) is 17.1. The van der Waals surface area contributed by atoms with Gasteiger partial charge < -0.3 is 10.1 Å². The Hall–Kier alpha value is -1.52. The molecule has 1 fully saturated rings. The van der Waals surface area contributed by atoms with E-state index >= 15 is 0 Å². The number of hydrogen-bond donors (Lipinski definition) is 1. The highest BCUT2D eigenvalue weighted by Crippen LogP contribution is 2.27. The number of piperidine rings is 1. The molecule has 0 radical (unpaired) electrons. The summed E-state index contributed by atoms with van der Waals surface area (Å²) in [5.41, 5.74) is 0. The standard InChI is InChI=1S/C15H18ClF3N2O4S/c16-9-14(22)20-10-11-5-7-21(8-6-11)26(23,24)13-3-1-12(2-4-13)25-15(17,18)19/h1-4,11H,5-10H2,(H,20,22). The molecule has 1 aliphatic rings. The second kappa shape index (κ2) is 8.45. The summed E-state index contributed by atoms with van der Waals surface area (Å²) in [7, 11) is -3.79. The van der Waals surface area contributed by atoms with Crippen molar-refractivity contribution >= 4 is 27.5 Å². The average Bonchev–Trinajstić information content (AvgIpc) is 2.59. The van der Waals surface area contributed by atoms with Gasteiger partial charge in [0.1, 0.15) is 11.6 Å². The molecule has 11 heteroatoms. The molecule has 1 N–H and O–H groups in total. The van der Waals surface area contributed by atoms with Crippen LogP contribution in [-0.4, -0.2) is 50.5 Å². The van der Waals surface area contributed by atoms with Gasteiger partial charge in [0.05, 0.1) is 4.90 Å². The summed E-state index contributed by atoms with van der Waals surface area (Å²) in [6.07, 6.45) is -3.70. The first-order valence-electron chi connectivity index (χ1n) is 7.80. The van der Waals surface area contributed by atoms with Gasteiger partial charge in [-0.15, -0.1) is 24.8 Å². The monoisotopic (exact) mass is 414 g/mol. The topological polar surface area (TPSA) is 75.7 Å². The van der Waals surface area contributed by atoms with Gasteiger partial charge in [-0.25, -0.2) is 8.42 Å². The number of amides is 1. The molecule has 1 aromatic carbocycles. The number of carbonyl (C=O) groups excluding carboxylic acids is 1. The predicted molar refractivity (Wildman–Crippen MR) is 88.3 cm³/mol. The largest absolute Gasteiger partial charge is 0.573 e. The van der Waals surface area contributed by atoms with E-state index in [1.165, 1.54) is 4.31 Å². The number of alkyl halides is 4. The first kappa shape index (κ1) is 20.8. The lowest BCUT2D eigenvalue weighted by Crippen LogP contribution is -2.41. The van der Waals surface area contributed by atoms with Crippen LogP contribution in [0.25, 0.3) is 0 Å². The number of hydrogen-bond acceptors (Lipinski definition) is 4. The Kier molecular flexibility index (Phi) is 6.75.